The molecule has 0 aromatic carbocycles. The van der Waals surface area contributed by atoms with Gasteiger partial charge in [0.05, 0.1) is 17.9 Å². The number of oxime groups is 1. The molecule has 0 saturated carbocycles. The van der Waals surface area contributed by atoms with E-state index in [1.165, 1.54) is 0 Å². The van der Waals surface area contributed by atoms with Gasteiger partial charge in [-0.25, -0.2) is 0 Å². The van der Waals surface area contributed by atoms with Crippen LogP contribution < -0.4 is 10.5 Å². The van der Waals surface area contributed by atoms with E-state index in [0.29, 0.717) is 18.1 Å². The Labute approximate surface area is 126 Å². The maximum atomic E-state index is 9.01. The number of hydrogen-bond acceptors (Lipinski definition) is 5. The van der Waals surface area contributed by atoms with E-state index in [1.54, 1.807) is 0 Å². The Hall–Kier alpha value is -1.85. The summed E-state index contributed by atoms with van der Waals surface area (Å²) in [5, 5.41) is 20.4. The average Bonchev–Trinajstić information content (AvgIpc) is 2.44. The van der Waals surface area contributed by atoms with Crippen molar-refractivity contribution in [3.63, 3.8) is 0 Å². The monoisotopic (exact) mass is 294 g/mol. The third kappa shape index (κ3) is 4.58. The molecule has 0 aliphatic carbocycles. The quantitative estimate of drug-likeness (QED) is 0.364. The number of hydrogen-bond donors (Lipinski definition) is 2. The number of aryl methyl sites for hydroxylation is 1. The Morgan fingerprint density at radius 3 is 2.38 bits per heavy atom. The van der Waals surface area contributed by atoms with Gasteiger partial charge in [0.1, 0.15) is 0 Å². The molecule has 0 amide bonds. The maximum absolute atomic E-state index is 9.01. The van der Waals surface area contributed by atoms with Gasteiger partial charge in [-0.05, 0) is 30.2 Å². The van der Waals surface area contributed by atoms with Gasteiger partial charge in [0, 0.05) is 0 Å². The van der Waals surface area contributed by atoms with E-state index in [-0.39, 0.29) is 11.3 Å². The lowest BCUT2D eigenvalue weighted by Gasteiger charge is -2.19. The number of ether oxygens (including phenoxy) is 1. The van der Waals surface area contributed by atoms with Crippen LogP contribution in [0.5, 0.6) is 5.88 Å². The first-order valence-corrected chi connectivity index (χ1v) is 7.33. The fourth-order valence-electron chi connectivity index (χ4n) is 2.02. The molecule has 0 aliphatic rings. The first kappa shape index (κ1) is 17.2. The van der Waals surface area contributed by atoms with Crippen LogP contribution in [0.4, 0.5) is 0 Å². The van der Waals surface area contributed by atoms with Gasteiger partial charge in [-0.15, -0.1) is 5.10 Å². The predicted molar refractivity (Wildman–Crippen MR) is 82.9 cm³/mol. The molecule has 0 saturated heterocycles. The molecule has 1 heterocycles. The molecule has 21 heavy (non-hydrogen) atoms. The Morgan fingerprint density at radius 2 is 1.90 bits per heavy atom. The molecule has 0 spiro atoms. The van der Waals surface area contributed by atoms with Gasteiger partial charge >= 0.3 is 0 Å². The maximum Gasteiger partial charge on any atom is 0.244 e. The van der Waals surface area contributed by atoms with Crippen LogP contribution >= 0.6 is 0 Å². The largest absolute Gasteiger partial charge is 0.476 e. The topological polar surface area (TPSA) is 93.6 Å². The molecule has 0 fully saturated rings. The second kappa shape index (κ2) is 7.24. The number of amidine groups is 1. The lowest BCUT2D eigenvalue weighted by Crippen LogP contribution is -2.21. The third-order valence-electron chi connectivity index (χ3n) is 3.27. The Bertz CT molecular complexity index is 507. The molecular weight excluding hydrogens is 268 g/mol. The zero-order chi connectivity index (χ0) is 16.0. The molecule has 1 aromatic heterocycles. The van der Waals surface area contributed by atoms with Crippen molar-refractivity contribution in [1.29, 1.82) is 0 Å². The van der Waals surface area contributed by atoms with Crippen molar-refractivity contribution in [2.24, 2.45) is 16.3 Å². The van der Waals surface area contributed by atoms with E-state index < -0.39 is 0 Å². The van der Waals surface area contributed by atoms with E-state index in [2.05, 4.69) is 36.1 Å². The summed E-state index contributed by atoms with van der Waals surface area (Å²) < 4.78 is 5.73. The van der Waals surface area contributed by atoms with Crippen molar-refractivity contribution < 1.29 is 9.94 Å². The van der Waals surface area contributed by atoms with Crippen LogP contribution in [0.15, 0.2) is 5.16 Å². The van der Waals surface area contributed by atoms with Crippen LogP contribution in [0.1, 0.15) is 57.9 Å². The first-order chi connectivity index (χ1) is 9.84. The van der Waals surface area contributed by atoms with Gasteiger partial charge in [0.25, 0.3) is 0 Å². The van der Waals surface area contributed by atoms with Crippen LogP contribution in [0.3, 0.4) is 0 Å². The number of aromatic nitrogens is 2. The number of rotatable bonds is 6. The molecule has 1 aromatic rings. The summed E-state index contributed by atoms with van der Waals surface area (Å²) in [6, 6.07) is 0. The molecule has 6 nitrogen and oxygen atoms in total. The van der Waals surface area contributed by atoms with Crippen LogP contribution in [-0.2, 0) is 12.8 Å². The van der Waals surface area contributed by atoms with Crippen molar-refractivity contribution >= 4 is 5.84 Å². The summed E-state index contributed by atoms with van der Waals surface area (Å²) in [5.41, 5.74) is 8.30. The van der Waals surface area contributed by atoms with Crippen LogP contribution in [0.2, 0.25) is 0 Å². The van der Waals surface area contributed by atoms with Crippen LogP contribution in [0.25, 0.3) is 0 Å². The molecule has 0 unspecified atom stereocenters. The Balaban J connectivity index is 3.13. The van der Waals surface area contributed by atoms with E-state index in [0.717, 1.165) is 30.5 Å². The van der Waals surface area contributed by atoms with Crippen LogP contribution in [0, 0.1) is 5.41 Å². The van der Waals surface area contributed by atoms with Gasteiger partial charge < -0.3 is 15.7 Å². The van der Waals surface area contributed by atoms with Crippen molar-refractivity contribution in [3.8, 4) is 5.88 Å². The molecule has 0 aliphatic heterocycles. The fourth-order valence-corrected chi connectivity index (χ4v) is 2.02. The molecular formula is C15H26N4O2. The number of nitrogens with two attached hydrogens (primary N) is 1. The minimum atomic E-state index is 0.0159. The number of nitrogens with zero attached hydrogens (tertiary/aromatic N) is 3. The average molecular weight is 294 g/mol. The second-order valence-corrected chi connectivity index (χ2v) is 6.16. The molecule has 1 rings (SSSR count). The SMILES string of the molecule is CCc1nnc(OCCC(C)(C)C)c(C(N)=NO)c1CC. The Kier molecular flexibility index (Phi) is 5.93. The minimum absolute atomic E-state index is 0.0159. The minimum Gasteiger partial charge on any atom is -0.476 e. The fraction of sp³-hybridized carbons (Fsp3) is 0.667. The third-order valence-corrected chi connectivity index (χ3v) is 3.27. The highest BCUT2D eigenvalue weighted by atomic mass is 16.5. The van der Waals surface area contributed by atoms with Gasteiger partial charge in [0.15, 0.2) is 5.84 Å². The van der Waals surface area contributed by atoms with E-state index in [9.17, 15) is 0 Å². The lowest BCUT2D eigenvalue weighted by molar-refractivity contribution is 0.233. The van der Waals surface area contributed by atoms with Gasteiger partial charge in [-0.2, -0.15) is 5.10 Å². The lowest BCUT2D eigenvalue weighted by atomic mass is 9.93. The molecule has 3 N–H and O–H groups in total. The van der Waals surface area contributed by atoms with E-state index >= 15 is 0 Å². The molecule has 0 atom stereocenters. The normalized spacial score (nSPS) is 12.5. The smallest absolute Gasteiger partial charge is 0.244 e. The first-order valence-electron chi connectivity index (χ1n) is 7.33. The highest BCUT2D eigenvalue weighted by molar-refractivity contribution is 6.00. The van der Waals surface area contributed by atoms with Crippen molar-refractivity contribution in [2.45, 2.75) is 53.9 Å². The standard InChI is InChI=1S/C15H26N4O2/c1-6-10-11(7-2)17-18-14(12(10)13(16)19-20)21-9-8-15(3,4)5/h20H,6-9H2,1-5H3,(H2,16,19). The van der Waals surface area contributed by atoms with E-state index in [4.69, 9.17) is 15.7 Å². The molecule has 0 bridgehead atoms. The summed E-state index contributed by atoms with van der Waals surface area (Å²) in [6.45, 7) is 10.9. The van der Waals surface area contributed by atoms with Gasteiger partial charge in [0.2, 0.25) is 5.88 Å². The second-order valence-electron chi connectivity index (χ2n) is 6.16. The molecule has 6 heteroatoms. The zero-order valence-corrected chi connectivity index (χ0v) is 13.6. The van der Waals surface area contributed by atoms with Gasteiger partial charge in [-0.3, -0.25) is 0 Å². The summed E-state index contributed by atoms with van der Waals surface area (Å²) in [5.74, 6) is 0.353. The summed E-state index contributed by atoms with van der Waals surface area (Å²) >= 11 is 0. The Morgan fingerprint density at radius 1 is 1.24 bits per heavy atom. The highest BCUT2D eigenvalue weighted by Crippen LogP contribution is 2.24. The highest BCUT2D eigenvalue weighted by Gasteiger charge is 2.20. The van der Waals surface area contributed by atoms with Crippen LogP contribution in [-0.4, -0.2) is 27.8 Å². The predicted octanol–water partition coefficient (Wildman–Crippen LogP) is 2.51. The zero-order valence-electron chi connectivity index (χ0n) is 13.6. The van der Waals surface area contributed by atoms with E-state index in [1.807, 2.05) is 13.8 Å². The molecule has 0 radical (unpaired) electrons. The summed E-state index contributed by atoms with van der Waals surface area (Å²) in [6.07, 6.45) is 2.34. The summed E-state index contributed by atoms with van der Waals surface area (Å²) in [7, 11) is 0. The summed E-state index contributed by atoms with van der Waals surface area (Å²) in [4.78, 5) is 0. The van der Waals surface area contributed by atoms with Gasteiger partial charge in [-0.1, -0.05) is 39.8 Å². The van der Waals surface area contributed by atoms with Crippen molar-refractivity contribution in [3.05, 3.63) is 16.8 Å². The van der Waals surface area contributed by atoms with Crippen molar-refractivity contribution in [2.75, 3.05) is 6.61 Å². The molecule has 118 valence electrons. The van der Waals surface area contributed by atoms with Crippen molar-refractivity contribution in [1.82, 2.24) is 10.2 Å².